The van der Waals surface area contributed by atoms with Gasteiger partial charge in [0.2, 0.25) is 0 Å². The van der Waals surface area contributed by atoms with Crippen LogP contribution < -0.4 is 0 Å². The smallest absolute Gasteiger partial charge is 0.0901 e. The van der Waals surface area contributed by atoms with Gasteiger partial charge in [-0.15, -0.1) is 0 Å². The average Bonchev–Trinajstić information content (AvgIpc) is 2.17. The summed E-state index contributed by atoms with van der Waals surface area (Å²) in [5, 5.41) is 8.54. The molecule has 0 spiro atoms. The van der Waals surface area contributed by atoms with Crippen LogP contribution in [-0.2, 0) is 4.74 Å². The summed E-state index contributed by atoms with van der Waals surface area (Å²) in [4.78, 5) is 0. The highest BCUT2D eigenvalue weighted by Gasteiger charge is 2.20. The maximum absolute atomic E-state index is 8.54. The average molecular weight is 179 g/mol. The van der Waals surface area contributed by atoms with Crippen molar-refractivity contribution in [3.05, 3.63) is 12.8 Å². The highest BCUT2D eigenvalue weighted by Crippen LogP contribution is 2.30. The van der Waals surface area contributed by atoms with Gasteiger partial charge in [0.05, 0.1) is 18.9 Å². The molecule has 1 saturated carbocycles. The molecule has 0 aromatic carbocycles. The minimum atomic E-state index is 0.644. The highest BCUT2D eigenvalue weighted by molar-refractivity contribution is 4.80. The lowest BCUT2D eigenvalue weighted by Crippen LogP contribution is -2.17. The SMILES string of the molecule is C=COCC1CCC(CC#N)CC1. The molecule has 0 amide bonds. The van der Waals surface area contributed by atoms with Crippen LogP contribution in [0, 0.1) is 23.2 Å². The van der Waals surface area contributed by atoms with Crippen molar-refractivity contribution in [2.24, 2.45) is 11.8 Å². The van der Waals surface area contributed by atoms with Gasteiger partial charge in [-0.2, -0.15) is 5.26 Å². The van der Waals surface area contributed by atoms with Crippen LogP contribution in [0.4, 0.5) is 0 Å². The van der Waals surface area contributed by atoms with E-state index < -0.39 is 0 Å². The molecule has 13 heavy (non-hydrogen) atoms. The number of hydrogen-bond donors (Lipinski definition) is 0. The summed E-state index contributed by atoms with van der Waals surface area (Å²) in [6, 6.07) is 2.25. The van der Waals surface area contributed by atoms with Crippen LogP contribution in [0.15, 0.2) is 12.8 Å². The molecule has 0 N–H and O–H groups in total. The molecule has 0 atom stereocenters. The zero-order valence-corrected chi connectivity index (χ0v) is 8.04. The fourth-order valence-electron chi connectivity index (χ4n) is 1.94. The van der Waals surface area contributed by atoms with Crippen LogP contribution in [0.1, 0.15) is 32.1 Å². The predicted octanol–water partition coefficient (Wildman–Crippen LogP) is 2.87. The summed E-state index contributed by atoms with van der Waals surface area (Å²) in [5.74, 6) is 1.33. The molecule has 0 unspecified atom stereocenters. The first-order chi connectivity index (χ1) is 6.36. The quantitative estimate of drug-likeness (QED) is 0.622. The van der Waals surface area contributed by atoms with Gasteiger partial charge < -0.3 is 4.74 Å². The summed E-state index contributed by atoms with van der Waals surface area (Å²) in [6.07, 6.45) is 7.05. The second-order valence-electron chi connectivity index (χ2n) is 3.75. The molecule has 0 radical (unpaired) electrons. The van der Waals surface area contributed by atoms with E-state index in [0.717, 1.165) is 13.0 Å². The van der Waals surface area contributed by atoms with Crippen LogP contribution >= 0.6 is 0 Å². The van der Waals surface area contributed by atoms with Gasteiger partial charge in [-0.05, 0) is 37.5 Å². The first-order valence-corrected chi connectivity index (χ1v) is 4.96. The van der Waals surface area contributed by atoms with Crippen molar-refractivity contribution in [1.82, 2.24) is 0 Å². The van der Waals surface area contributed by atoms with Crippen LogP contribution in [-0.4, -0.2) is 6.61 Å². The molecular weight excluding hydrogens is 162 g/mol. The molecule has 0 heterocycles. The van der Waals surface area contributed by atoms with Crippen molar-refractivity contribution in [2.75, 3.05) is 6.61 Å². The molecule has 1 aliphatic carbocycles. The monoisotopic (exact) mass is 179 g/mol. The third kappa shape index (κ3) is 3.50. The van der Waals surface area contributed by atoms with Crippen molar-refractivity contribution in [3.8, 4) is 6.07 Å². The first-order valence-electron chi connectivity index (χ1n) is 4.96. The molecule has 0 aromatic heterocycles. The molecule has 1 rings (SSSR count). The lowest BCUT2D eigenvalue weighted by Gasteiger charge is -2.26. The molecule has 1 aliphatic rings. The van der Waals surface area contributed by atoms with E-state index in [-0.39, 0.29) is 0 Å². The van der Waals surface area contributed by atoms with E-state index in [2.05, 4.69) is 12.6 Å². The van der Waals surface area contributed by atoms with Crippen molar-refractivity contribution in [3.63, 3.8) is 0 Å². The second kappa shape index (κ2) is 5.64. The zero-order valence-electron chi connectivity index (χ0n) is 8.04. The summed E-state index contributed by atoms with van der Waals surface area (Å²) in [6.45, 7) is 4.33. The third-order valence-corrected chi connectivity index (χ3v) is 2.80. The Bertz CT molecular complexity index is 187. The highest BCUT2D eigenvalue weighted by atomic mass is 16.5. The van der Waals surface area contributed by atoms with Gasteiger partial charge in [-0.1, -0.05) is 6.58 Å². The molecule has 0 aliphatic heterocycles. The fraction of sp³-hybridized carbons (Fsp3) is 0.727. The van der Waals surface area contributed by atoms with E-state index in [9.17, 15) is 0 Å². The predicted molar refractivity (Wildman–Crippen MR) is 51.8 cm³/mol. The summed E-state index contributed by atoms with van der Waals surface area (Å²) >= 11 is 0. The van der Waals surface area contributed by atoms with Gasteiger partial charge >= 0.3 is 0 Å². The minimum absolute atomic E-state index is 0.644. The standard InChI is InChI=1S/C11H17NO/c1-2-13-9-11-5-3-10(4-6-11)7-8-12/h2,10-11H,1,3-7,9H2. The fourth-order valence-corrected chi connectivity index (χ4v) is 1.94. The Balaban J connectivity index is 2.15. The largest absolute Gasteiger partial charge is 0.502 e. The van der Waals surface area contributed by atoms with Crippen molar-refractivity contribution in [2.45, 2.75) is 32.1 Å². The minimum Gasteiger partial charge on any atom is -0.502 e. The Morgan fingerprint density at radius 3 is 2.46 bits per heavy atom. The maximum Gasteiger partial charge on any atom is 0.0901 e. The van der Waals surface area contributed by atoms with Gasteiger partial charge in [0.25, 0.3) is 0 Å². The molecule has 2 heteroatoms. The summed E-state index contributed by atoms with van der Waals surface area (Å²) in [7, 11) is 0. The van der Waals surface area contributed by atoms with Gasteiger partial charge in [0.15, 0.2) is 0 Å². The van der Waals surface area contributed by atoms with Crippen LogP contribution in [0.5, 0.6) is 0 Å². The molecule has 0 aromatic rings. The topological polar surface area (TPSA) is 33.0 Å². The second-order valence-corrected chi connectivity index (χ2v) is 3.75. The van der Waals surface area contributed by atoms with E-state index >= 15 is 0 Å². The molecule has 1 fully saturated rings. The molecule has 0 bridgehead atoms. The van der Waals surface area contributed by atoms with Crippen LogP contribution in [0.25, 0.3) is 0 Å². The van der Waals surface area contributed by atoms with Gasteiger partial charge in [-0.3, -0.25) is 0 Å². The van der Waals surface area contributed by atoms with Crippen LogP contribution in [0.3, 0.4) is 0 Å². The van der Waals surface area contributed by atoms with Crippen LogP contribution in [0.2, 0.25) is 0 Å². The molecule has 0 saturated heterocycles. The van der Waals surface area contributed by atoms with Crippen molar-refractivity contribution in [1.29, 1.82) is 5.26 Å². The van der Waals surface area contributed by atoms with Gasteiger partial charge in [0.1, 0.15) is 0 Å². The van der Waals surface area contributed by atoms with E-state index in [1.54, 1.807) is 0 Å². The lowest BCUT2D eigenvalue weighted by atomic mass is 9.81. The van der Waals surface area contributed by atoms with E-state index in [1.807, 2.05) is 0 Å². The van der Waals surface area contributed by atoms with Crippen molar-refractivity contribution >= 4 is 0 Å². The zero-order chi connectivity index (χ0) is 9.52. The maximum atomic E-state index is 8.54. The third-order valence-electron chi connectivity index (χ3n) is 2.80. The Kier molecular flexibility index (Phi) is 4.39. The van der Waals surface area contributed by atoms with E-state index in [4.69, 9.17) is 10.00 Å². The van der Waals surface area contributed by atoms with E-state index in [1.165, 1.54) is 31.9 Å². The Morgan fingerprint density at radius 1 is 1.31 bits per heavy atom. The number of ether oxygens (including phenoxy) is 1. The Morgan fingerprint density at radius 2 is 1.92 bits per heavy atom. The van der Waals surface area contributed by atoms with E-state index in [0.29, 0.717) is 11.8 Å². The van der Waals surface area contributed by atoms with Gasteiger partial charge in [0, 0.05) is 6.42 Å². The molecule has 2 nitrogen and oxygen atoms in total. The molecular formula is C11H17NO. The number of nitriles is 1. The van der Waals surface area contributed by atoms with Gasteiger partial charge in [-0.25, -0.2) is 0 Å². The summed E-state index contributed by atoms with van der Waals surface area (Å²) < 4.78 is 5.17. The van der Waals surface area contributed by atoms with Crippen molar-refractivity contribution < 1.29 is 4.74 Å². The normalized spacial score (nSPS) is 27.6. The number of hydrogen-bond acceptors (Lipinski definition) is 2. The first kappa shape index (κ1) is 10.1. The molecule has 72 valence electrons. The Labute approximate surface area is 80.2 Å². The number of nitrogens with zero attached hydrogens (tertiary/aromatic N) is 1. The number of rotatable bonds is 4. The Hall–Kier alpha value is -0.970. The lowest BCUT2D eigenvalue weighted by molar-refractivity contribution is 0.150. The summed E-state index contributed by atoms with van der Waals surface area (Å²) in [5.41, 5.74) is 0.